The largest absolute Gasteiger partial charge is 0.507 e. The van der Waals surface area contributed by atoms with Gasteiger partial charge in [-0.2, -0.15) is 0 Å². The summed E-state index contributed by atoms with van der Waals surface area (Å²) in [6.45, 7) is 2.35. The first kappa shape index (κ1) is 18.2. The Morgan fingerprint density at radius 3 is 2.71 bits per heavy atom. The summed E-state index contributed by atoms with van der Waals surface area (Å²) < 4.78 is 10.6. The summed E-state index contributed by atoms with van der Waals surface area (Å²) in [6.07, 6.45) is 1.49. The number of aromatic hydroxyl groups is 1. The molecule has 0 aromatic heterocycles. The van der Waals surface area contributed by atoms with Crippen molar-refractivity contribution in [3.63, 3.8) is 0 Å². The van der Waals surface area contributed by atoms with Crippen LogP contribution in [0, 0.1) is 0 Å². The third kappa shape index (κ3) is 3.52. The summed E-state index contributed by atoms with van der Waals surface area (Å²) >= 11 is 3.32. The van der Waals surface area contributed by atoms with Crippen LogP contribution in [0.4, 0.5) is 0 Å². The van der Waals surface area contributed by atoms with Gasteiger partial charge in [-0.25, -0.2) is 4.79 Å². The van der Waals surface area contributed by atoms with Gasteiger partial charge >= 0.3 is 5.97 Å². The van der Waals surface area contributed by atoms with Crippen molar-refractivity contribution in [2.75, 3.05) is 27.4 Å². The average Bonchev–Trinajstić information content (AvgIpc) is 2.79. The fourth-order valence-corrected chi connectivity index (χ4v) is 2.86. The van der Waals surface area contributed by atoms with Crippen molar-refractivity contribution >= 4 is 33.9 Å². The number of hydrogen-bond acceptors (Lipinski definition) is 5. The van der Waals surface area contributed by atoms with Gasteiger partial charge in [0.15, 0.2) is 0 Å². The Labute approximate surface area is 148 Å². The highest BCUT2D eigenvalue weighted by Gasteiger charge is 2.36. The minimum absolute atomic E-state index is 0.00992. The molecule has 0 fully saturated rings. The number of hydrogen-bond donors (Lipinski definition) is 1. The highest BCUT2D eigenvalue weighted by molar-refractivity contribution is 9.10. The van der Waals surface area contributed by atoms with E-state index < -0.39 is 5.97 Å². The summed E-state index contributed by atoms with van der Waals surface area (Å²) in [5.74, 6) is -0.915. The lowest BCUT2D eigenvalue weighted by atomic mass is 10.0. The predicted molar refractivity (Wildman–Crippen MR) is 92.1 cm³/mol. The number of carbonyl (C=O) groups is 2. The van der Waals surface area contributed by atoms with Crippen LogP contribution in [0.1, 0.15) is 12.5 Å². The van der Waals surface area contributed by atoms with E-state index in [1.807, 2.05) is 0 Å². The van der Waals surface area contributed by atoms with E-state index in [9.17, 15) is 14.7 Å². The quantitative estimate of drug-likeness (QED) is 0.612. The SMILES string of the molecule is COCCN1C(=O)/C(=C\c2cc(Br)ccc2O)C(C(=O)OC)=C1C. The monoisotopic (exact) mass is 395 g/mol. The molecular weight excluding hydrogens is 378 g/mol. The standard InChI is InChI=1S/C17H18BrNO5/c1-10-15(17(22)24-3)13(16(21)19(10)6-7-23-2)9-11-8-12(18)4-5-14(11)20/h4-5,8-9,20H,6-7H2,1-3H3/b13-9-. The lowest BCUT2D eigenvalue weighted by Gasteiger charge is -2.16. The molecule has 128 valence electrons. The predicted octanol–water partition coefficient (Wildman–Crippen LogP) is 2.47. The smallest absolute Gasteiger partial charge is 0.340 e. The van der Waals surface area contributed by atoms with E-state index >= 15 is 0 Å². The second-order valence-corrected chi connectivity index (χ2v) is 6.08. The molecule has 0 radical (unpaired) electrons. The third-order valence-electron chi connectivity index (χ3n) is 3.71. The van der Waals surface area contributed by atoms with Gasteiger partial charge in [-0.05, 0) is 31.2 Å². The van der Waals surface area contributed by atoms with Crippen LogP contribution in [0.5, 0.6) is 5.75 Å². The van der Waals surface area contributed by atoms with Gasteiger partial charge < -0.3 is 19.5 Å². The number of esters is 1. The van der Waals surface area contributed by atoms with Gasteiger partial charge in [0.2, 0.25) is 0 Å². The van der Waals surface area contributed by atoms with Crippen molar-refractivity contribution in [2.45, 2.75) is 6.92 Å². The maximum absolute atomic E-state index is 12.7. The van der Waals surface area contributed by atoms with E-state index in [1.165, 1.54) is 31.3 Å². The van der Waals surface area contributed by atoms with Crippen LogP contribution in [-0.4, -0.2) is 49.3 Å². The Morgan fingerprint density at radius 1 is 1.38 bits per heavy atom. The second-order valence-electron chi connectivity index (χ2n) is 5.16. The molecule has 1 aliphatic heterocycles. The molecule has 2 rings (SSSR count). The number of phenols is 1. The average molecular weight is 396 g/mol. The van der Waals surface area contributed by atoms with Gasteiger partial charge in [0, 0.05) is 29.4 Å². The first-order valence-electron chi connectivity index (χ1n) is 7.21. The molecule has 1 aliphatic rings. The number of amides is 1. The van der Waals surface area contributed by atoms with Crippen LogP contribution in [0.2, 0.25) is 0 Å². The van der Waals surface area contributed by atoms with Crippen LogP contribution >= 0.6 is 15.9 Å². The molecule has 0 unspecified atom stereocenters. The zero-order valence-electron chi connectivity index (χ0n) is 13.6. The molecule has 6 nitrogen and oxygen atoms in total. The molecular formula is C17H18BrNO5. The van der Waals surface area contributed by atoms with E-state index in [0.29, 0.717) is 24.4 Å². The maximum Gasteiger partial charge on any atom is 0.340 e. The number of phenolic OH excluding ortho intramolecular Hbond substituents is 1. The maximum atomic E-state index is 12.7. The Hall–Kier alpha value is -2.12. The van der Waals surface area contributed by atoms with Crippen LogP contribution in [0.3, 0.4) is 0 Å². The summed E-state index contributed by atoms with van der Waals surface area (Å²) in [4.78, 5) is 26.3. The zero-order chi connectivity index (χ0) is 17.9. The number of nitrogens with zero attached hydrogens (tertiary/aromatic N) is 1. The molecule has 0 atom stereocenters. The van der Waals surface area contributed by atoms with Crippen LogP contribution in [0.15, 0.2) is 39.5 Å². The molecule has 1 amide bonds. The minimum Gasteiger partial charge on any atom is -0.507 e. The summed E-state index contributed by atoms with van der Waals surface area (Å²) in [5.41, 5.74) is 1.31. The van der Waals surface area contributed by atoms with E-state index in [1.54, 1.807) is 19.1 Å². The lowest BCUT2D eigenvalue weighted by molar-refractivity contribution is -0.136. The fraction of sp³-hybridized carbons (Fsp3) is 0.294. The number of rotatable bonds is 5. The topological polar surface area (TPSA) is 76.1 Å². The number of carbonyl (C=O) groups excluding carboxylic acids is 2. The van der Waals surface area contributed by atoms with Crippen molar-refractivity contribution < 1.29 is 24.2 Å². The summed E-state index contributed by atoms with van der Waals surface area (Å²) in [6, 6.07) is 4.85. The molecule has 0 saturated carbocycles. The molecule has 24 heavy (non-hydrogen) atoms. The molecule has 7 heteroatoms. The van der Waals surface area contributed by atoms with Crippen LogP contribution in [0.25, 0.3) is 6.08 Å². The first-order chi connectivity index (χ1) is 11.4. The third-order valence-corrected chi connectivity index (χ3v) is 4.20. The van der Waals surface area contributed by atoms with Gasteiger partial charge in [-0.3, -0.25) is 4.79 Å². The van der Waals surface area contributed by atoms with E-state index in [0.717, 1.165) is 4.47 Å². The van der Waals surface area contributed by atoms with Crippen LogP contribution in [-0.2, 0) is 19.1 Å². The Bertz CT molecular complexity index is 738. The number of halogens is 1. The van der Waals surface area contributed by atoms with Crippen molar-refractivity contribution in [1.82, 2.24) is 4.90 Å². The number of allylic oxidation sites excluding steroid dienone is 1. The van der Waals surface area contributed by atoms with Gasteiger partial charge in [0.1, 0.15) is 5.75 Å². The van der Waals surface area contributed by atoms with Crippen LogP contribution < -0.4 is 0 Å². The molecule has 1 heterocycles. The normalized spacial score (nSPS) is 16.2. The number of benzene rings is 1. The first-order valence-corrected chi connectivity index (χ1v) is 8.00. The molecule has 0 aliphatic carbocycles. The number of methoxy groups -OCH3 is 2. The van der Waals surface area contributed by atoms with Crippen molar-refractivity contribution in [3.8, 4) is 5.75 Å². The minimum atomic E-state index is -0.596. The second kappa shape index (κ2) is 7.63. The van der Waals surface area contributed by atoms with Gasteiger partial charge in [0.05, 0.1) is 24.9 Å². The molecule has 0 saturated heterocycles. The fourth-order valence-electron chi connectivity index (χ4n) is 2.48. The van der Waals surface area contributed by atoms with Gasteiger partial charge in [0.25, 0.3) is 5.91 Å². The van der Waals surface area contributed by atoms with Crippen molar-refractivity contribution in [2.24, 2.45) is 0 Å². The van der Waals surface area contributed by atoms with E-state index in [4.69, 9.17) is 9.47 Å². The van der Waals surface area contributed by atoms with Crippen molar-refractivity contribution in [3.05, 3.63) is 45.1 Å². The van der Waals surface area contributed by atoms with Crippen molar-refractivity contribution in [1.29, 1.82) is 0 Å². The highest BCUT2D eigenvalue weighted by Crippen LogP contribution is 2.33. The summed E-state index contributed by atoms with van der Waals surface area (Å²) in [7, 11) is 2.80. The molecule has 0 bridgehead atoms. The highest BCUT2D eigenvalue weighted by atomic mass is 79.9. The summed E-state index contributed by atoms with van der Waals surface area (Å²) in [5, 5.41) is 9.99. The lowest BCUT2D eigenvalue weighted by Crippen LogP contribution is -2.28. The molecule has 1 aromatic carbocycles. The Morgan fingerprint density at radius 2 is 2.08 bits per heavy atom. The molecule has 1 N–H and O–H groups in total. The van der Waals surface area contributed by atoms with E-state index in [-0.39, 0.29) is 22.8 Å². The Balaban J connectivity index is 2.54. The Kier molecular flexibility index (Phi) is 5.80. The van der Waals surface area contributed by atoms with Gasteiger partial charge in [-0.1, -0.05) is 15.9 Å². The van der Waals surface area contributed by atoms with Gasteiger partial charge in [-0.15, -0.1) is 0 Å². The molecule has 1 aromatic rings. The molecule has 0 spiro atoms. The number of ether oxygens (including phenoxy) is 2. The van der Waals surface area contributed by atoms with E-state index in [2.05, 4.69) is 15.9 Å². The zero-order valence-corrected chi connectivity index (χ0v) is 15.2.